The number of benzene rings is 2. The van der Waals surface area contributed by atoms with E-state index in [1.54, 1.807) is 19.2 Å². The van der Waals surface area contributed by atoms with Crippen LogP contribution in [0.5, 0.6) is 0 Å². The molecule has 3 rings (SSSR count). The van der Waals surface area contributed by atoms with Gasteiger partial charge >= 0.3 is 0 Å². The fourth-order valence-electron chi connectivity index (χ4n) is 3.31. The second-order valence-corrected chi connectivity index (χ2v) is 6.81. The van der Waals surface area contributed by atoms with Crippen molar-refractivity contribution in [2.75, 3.05) is 18.9 Å². The summed E-state index contributed by atoms with van der Waals surface area (Å²) in [7, 11) is 1.64. The zero-order valence-electron chi connectivity index (χ0n) is 15.1. The Morgan fingerprint density at radius 2 is 1.77 bits per heavy atom. The SMILES string of the molecule is CCc1ccccc1NC(=O)CN(C)C(=O)C1(c2ccc(F)cc2)CC1. The summed E-state index contributed by atoms with van der Waals surface area (Å²) in [4.78, 5) is 26.7. The predicted molar refractivity (Wildman–Crippen MR) is 99.4 cm³/mol. The Morgan fingerprint density at radius 3 is 2.38 bits per heavy atom. The summed E-state index contributed by atoms with van der Waals surface area (Å²) in [6.07, 6.45) is 2.27. The van der Waals surface area contributed by atoms with Crippen molar-refractivity contribution >= 4 is 17.5 Å². The number of rotatable bonds is 6. The molecule has 136 valence electrons. The van der Waals surface area contributed by atoms with Crippen molar-refractivity contribution in [3.05, 3.63) is 65.5 Å². The van der Waals surface area contributed by atoms with Gasteiger partial charge in [-0.2, -0.15) is 0 Å². The Morgan fingerprint density at radius 1 is 1.12 bits per heavy atom. The van der Waals surface area contributed by atoms with E-state index in [1.165, 1.54) is 17.0 Å². The van der Waals surface area contributed by atoms with Gasteiger partial charge in [0.05, 0.1) is 12.0 Å². The minimum Gasteiger partial charge on any atom is -0.336 e. The standard InChI is InChI=1S/C21H23FN2O2/c1-3-15-6-4-5-7-18(15)23-19(25)14-24(2)20(26)21(12-13-21)16-8-10-17(22)11-9-16/h4-11H,3,12-14H2,1-2H3,(H,23,25). The number of nitrogens with one attached hydrogen (secondary N) is 1. The normalized spacial score (nSPS) is 14.6. The largest absolute Gasteiger partial charge is 0.336 e. The Balaban J connectivity index is 1.66. The summed E-state index contributed by atoms with van der Waals surface area (Å²) in [6, 6.07) is 13.7. The Hall–Kier alpha value is -2.69. The van der Waals surface area contributed by atoms with E-state index in [2.05, 4.69) is 5.32 Å². The summed E-state index contributed by atoms with van der Waals surface area (Å²) in [5, 5.41) is 2.88. The number of halogens is 1. The summed E-state index contributed by atoms with van der Waals surface area (Å²) in [6.45, 7) is 2.01. The van der Waals surface area contributed by atoms with Crippen LogP contribution in [0.25, 0.3) is 0 Å². The molecule has 0 heterocycles. The highest BCUT2D eigenvalue weighted by Crippen LogP contribution is 2.49. The fraction of sp³-hybridized carbons (Fsp3) is 0.333. The monoisotopic (exact) mass is 354 g/mol. The topological polar surface area (TPSA) is 49.4 Å². The second kappa shape index (κ2) is 7.28. The molecule has 5 heteroatoms. The van der Waals surface area contributed by atoms with Gasteiger partial charge in [0.25, 0.3) is 0 Å². The van der Waals surface area contributed by atoms with E-state index in [0.29, 0.717) is 0 Å². The van der Waals surface area contributed by atoms with Gasteiger partial charge in [-0.05, 0) is 48.6 Å². The van der Waals surface area contributed by atoms with Gasteiger partial charge in [0.2, 0.25) is 11.8 Å². The van der Waals surface area contributed by atoms with Crippen LogP contribution >= 0.6 is 0 Å². The molecule has 1 saturated carbocycles. The first-order chi connectivity index (χ1) is 12.5. The molecule has 26 heavy (non-hydrogen) atoms. The van der Waals surface area contributed by atoms with E-state index < -0.39 is 5.41 Å². The van der Waals surface area contributed by atoms with Crippen molar-refractivity contribution in [3.8, 4) is 0 Å². The van der Waals surface area contributed by atoms with Gasteiger partial charge in [-0.3, -0.25) is 9.59 Å². The fourth-order valence-corrected chi connectivity index (χ4v) is 3.31. The lowest BCUT2D eigenvalue weighted by Gasteiger charge is -2.23. The molecule has 2 amide bonds. The first kappa shape index (κ1) is 18.1. The van der Waals surface area contributed by atoms with Crippen molar-refractivity contribution in [1.29, 1.82) is 0 Å². The van der Waals surface area contributed by atoms with Crippen molar-refractivity contribution in [2.45, 2.75) is 31.6 Å². The van der Waals surface area contributed by atoms with Crippen LogP contribution in [0.3, 0.4) is 0 Å². The molecule has 0 spiro atoms. The first-order valence-corrected chi connectivity index (χ1v) is 8.85. The van der Waals surface area contributed by atoms with Crippen LogP contribution in [-0.2, 0) is 21.4 Å². The summed E-state index contributed by atoms with van der Waals surface area (Å²) in [5.74, 6) is -0.640. The lowest BCUT2D eigenvalue weighted by atomic mass is 9.94. The first-order valence-electron chi connectivity index (χ1n) is 8.85. The molecular formula is C21H23FN2O2. The summed E-state index contributed by atoms with van der Waals surface area (Å²) >= 11 is 0. The maximum absolute atomic E-state index is 13.1. The summed E-state index contributed by atoms with van der Waals surface area (Å²) in [5.41, 5.74) is 2.04. The van der Waals surface area contributed by atoms with Gasteiger partial charge in [-0.1, -0.05) is 37.3 Å². The van der Waals surface area contributed by atoms with Crippen LogP contribution in [0.15, 0.2) is 48.5 Å². The van der Waals surface area contributed by atoms with E-state index in [0.717, 1.165) is 36.1 Å². The molecule has 0 saturated heterocycles. The molecule has 1 fully saturated rings. The minimum atomic E-state index is -0.607. The molecular weight excluding hydrogens is 331 g/mol. The zero-order chi connectivity index (χ0) is 18.7. The lowest BCUT2D eigenvalue weighted by molar-refractivity contribution is -0.135. The molecule has 1 aliphatic rings. The van der Waals surface area contributed by atoms with Crippen molar-refractivity contribution in [2.24, 2.45) is 0 Å². The van der Waals surface area contributed by atoms with Crippen molar-refractivity contribution in [1.82, 2.24) is 4.90 Å². The number of anilines is 1. The molecule has 1 N–H and O–H groups in total. The number of hydrogen-bond acceptors (Lipinski definition) is 2. The number of hydrogen-bond donors (Lipinski definition) is 1. The highest BCUT2D eigenvalue weighted by atomic mass is 19.1. The molecule has 0 atom stereocenters. The highest BCUT2D eigenvalue weighted by molar-refractivity contribution is 5.98. The highest BCUT2D eigenvalue weighted by Gasteiger charge is 2.52. The van der Waals surface area contributed by atoms with Crippen LogP contribution < -0.4 is 5.32 Å². The molecule has 0 aromatic heterocycles. The second-order valence-electron chi connectivity index (χ2n) is 6.81. The molecule has 2 aromatic carbocycles. The van der Waals surface area contributed by atoms with Crippen LogP contribution in [0.1, 0.15) is 30.9 Å². The van der Waals surface area contributed by atoms with Gasteiger partial charge in [-0.15, -0.1) is 0 Å². The van der Waals surface area contributed by atoms with Crippen LogP contribution in [0, 0.1) is 5.82 Å². The van der Waals surface area contributed by atoms with Crippen LogP contribution in [-0.4, -0.2) is 30.3 Å². The predicted octanol–water partition coefficient (Wildman–Crippen LogP) is 3.52. The third-order valence-corrected chi connectivity index (χ3v) is 4.96. The van der Waals surface area contributed by atoms with E-state index in [-0.39, 0.29) is 24.2 Å². The Kier molecular flexibility index (Phi) is 5.07. The maximum Gasteiger partial charge on any atom is 0.243 e. The smallest absolute Gasteiger partial charge is 0.243 e. The number of para-hydroxylation sites is 1. The van der Waals surface area contributed by atoms with Crippen molar-refractivity contribution in [3.63, 3.8) is 0 Å². The molecule has 0 radical (unpaired) electrons. The third kappa shape index (κ3) is 3.62. The number of amides is 2. The van der Waals surface area contributed by atoms with Gasteiger partial charge in [0.1, 0.15) is 5.82 Å². The van der Waals surface area contributed by atoms with Crippen LogP contribution in [0.4, 0.5) is 10.1 Å². The average Bonchev–Trinajstić information content (AvgIpc) is 3.43. The molecule has 0 unspecified atom stereocenters. The van der Waals surface area contributed by atoms with Gasteiger partial charge in [-0.25, -0.2) is 4.39 Å². The van der Waals surface area contributed by atoms with Gasteiger partial charge in [0, 0.05) is 12.7 Å². The zero-order valence-corrected chi connectivity index (χ0v) is 15.1. The van der Waals surface area contributed by atoms with E-state index >= 15 is 0 Å². The van der Waals surface area contributed by atoms with E-state index in [1.807, 2.05) is 31.2 Å². The lowest BCUT2D eigenvalue weighted by Crippen LogP contribution is -2.41. The Labute approximate surface area is 153 Å². The molecule has 0 aliphatic heterocycles. The molecule has 2 aromatic rings. The molecule has 1 aliphatic carbocycles. The molecule has 4 nitrogen and oxygen atoms in total. The number of likely N-dealkylation sites (N-methyl/N-ethyl adjacent to an activating group) is 1. The minimum absolute atomic E-state index is 0.0141. The average molecular weight is 354 g/mol. The third-order valence-electron chi connectivity index (χ3n) is 4.96. The quantitative estimate of drug-likeness (QED) is 0.863. The van der Waals surface area contributed by atoms with Gasteiger partial charge in [0.15, 0.2) is 0 Å². The van der Waals surface area contributed by atoms with Crippen LogP contribution in [0.2, 0.25) is 0 Å². The number of carbonyl (C=O) groups is 2. The Bertz CT molecular complexity index is 813. The number of aryl methyl sites for hydroxylation is 1. The van der Waals surface area contributed by atoms with Gasteiger partial charge < -0.3 is 10.2 Å². The maximum atomic E-state index is 13.1. The summed E-state index contributed by atoms with van der Waals surface area (Å²) < 4.78 is 13.1. The van der Waals surface area contributed by atoms with E-state index in [4.69, 9.17) is 0 Å². The van der Waals surface area contributed by atoms with Crippen molar-refractivity contribution < 1.29 is 14.0 Å². The number of nitrogens with zero attached hydrogens (tertiary/aromatic N) is 1. The number of carbonyl (C=O) groups excluding carboxylic acids is 2. The van der Waals surface area contributed by atoms with E-state index in [9.17, 15) is 14.0 Å². The molecule has 0 bridgehead atoms.